The van der Waals surface area contributed by atoms with Gasteiger partial charge < -0.3 is 0 Å². The van der Waals surface area contributed by atoms with Gasteiger partial charge in [0.2, 0.25) is 0 Å². The summed E-state index contributed by atoms with van der Waals surface area (Å²) < 4.78 is 2.22. The van der Waals surface area contributed by atoms with Crippen molar-refractivity contribution in [1.82, 2.24) is 20.0 Å². The number of nitrogens with zero attached hydrogens (tertiary/aromatic N) is 3. The Bertz CT molecular complexity index is 842. The van der Waals surface area contributed by atoms with Crippen molar-refractivity contribution in [3.8, 4) is 0 Å². The molecule has 0 bridgehead atoms. The average Bonchev–Trinajstić information content (AvgIpc) is 3.18. The molecule has 4 nitrogen and oxygen atoms in total. The van der Waals surface area contributed by atoms with Crippen molar-refractivity contribution in [3.05, 3.63) is 47.4 Å². The zero-order valence-electron chi connectivity index (χ0n) is 14.8. The second-order valence-electron chi connectivity index (χ2n) is 7.55. The van der Waals surface area contributed by atoms with Crippen molar-refractivity contribution < 1.29 is 0 Å². The Hall–Kier alpha value is -2.10. The third-order valence-corrected chi connectivity index (χ3v) is 5.43. The van der Waals surface area contributed by atoms with Gasteiger partial charge in [0.05, 0.1) is 17.4 Å². The highest BCUT2D eigenvalue weighted by molar-refractivity contribution is 5.81. The van der Waals surface area contributed by atoms with Gasteiger partial charge in [0.25, 0.3) is 0 Å². The largest absolute Gasteiger partial charge is 0.278 e. The fraction of sp³-hybridized carbons (Fsp3) is 0.500. The van der Waals surface area contributed by atoms with E-state index in [9.17, 15) is 0 Å². The first-order valence-corrected chi connectivity index (χ1v) is 9.11. The topological polar surface area (TPSA) is 46.5 Å². The smallest absolute Gasteiger partial charge is 0.0729 e. The summed E-state index contributed by atoms with van der Waals surface area (Å²) >= 11 is 0. The average molecular weight is 322 g/mol. The molecule has 4 heteroatoms. The second kappa shape index (κ2) is 6.08. The fourth-order valence-corrected chi connectivity index (χ4v) is 4.21. The number of aryl methyl sites for hydroxylation is 1. The highest BCUT2D eigenvalue weighted by Gasteiger charge is 2.26. The Kier molecular flexibility index (Phi) is 3.91. The first-order valence-electron chi connectivity index (χ1n) is 9.11. The summed E-state index contributed by atoms with van der Waals surface area (Å²) in [6, 6.07) is 8.89. The number of para-hydroxylation sites is 1. The highest BCUT2D eigenvalue weighted by Crippen LogP contribution is 2.34. The Balaban J connectivity index is 1.52. The summed E-state index contributed by atoms with van der Waals surface area (Å²) in [6.07, 6.45) is 6.86. The van der Waals surface area contributed by atoms with Crippen LogP contribution in [-0.2, 0) is 12.8 Å². The van der Waals surface area contributed by atoms with E-state index < -0.39 is 0 Å². The lowest BCUT2D eigenvalue weighted by molar-refractivity contribution is 0.375. The maximum Gasteiger partial charge on any atom is 0.0729 e. The van der Waals surface area contributed by atoms with Gasteiger partial charge in [0, 0.05) is 23.0 Å². The van der Waals surface area contributed by atoms with Crippen LogP contribution in [0.25, 0.3) is 10.9 Å². The van der Waals surface area contributed by atoms with Crippen molar-refractivity contribution in [1.29, 1.82) is 0 Å². The summed E-state index contributed by atoms with van der Waals surface area (Å²) in [6.45, 7) is 6.75. The van der Waals surface area contributed by atoms with Crippen LogP contribution in [0.2, 0.25) is 0 Å². The van der Waals surface area contributed by atoms with Gasteiger partial charge in [-0.3, -0.25) is 9.78 Å². The van der Waals surface area contributed by atoms with Crippen molar-refractivity contribution >= 4 is 10.9 Å². The monoisotopic (exact) mass is 322 g/mol. The van der Waals surface area contributed by atoms with Crippen molar-refractivity contribution in [2.24, 2.45) is 5.92 Å². The van der Waals surface area contributed by atoms with E-state index in [0.29, 0.717) is 12.0 Å². The molecule has 0 saturated heterocycles. The minimum atomic E-state index is 0.445. The molecule has 4 rings (SSSR count). The molecule has 0 spiro atoms. The van der Waals surface area contributed by atoms with Crippen LogP contribution in [0.4, 0.5) is 0 Å². The maximum absolute atomic E-state index is 4.60. The molecular weight excluding hydrogens is 296 g/mol. The molecule has 24 heavy (non-hydrogen) atoms. The summed E-state index contributed by atoms with van der Waals surface area (Å²) in [4.78, 5) is 0. The first-order chi connectivity index (χ1) is 11.6. The normalized spacial score (nSPS) is 18.9. The van der Waals surface area contributed by atoms with Crippen LogP contribution < -0.4 is 0 Å². The fourth-order valence-electron chi connectivity index (χ4n) is 4.21. The van der Waals surface area contributed by atoms with E-state index in [0.717, 1.165) is 17.9 Å². The van der Waals surface area contributed by atoms with E-state index >= 15 is 0 Å². The molecular formula is C20H26N4. The van der Waals surface area contributed by atoms with Crippen LogP contribution in [-0.4, -0.2) is 20.0 Å². The van der Waals surface area contributed by atoms with Gasteiger partial charge in [-0.15, -0.1) is 0 Å². The van der Waals surface area contributed by atoms with Crippen molar-refractivity contribution in [2.45, 2.75) is 58.4 Å². The molecule has 3 aromatic rings. The molecule has 1 N–H and O–H groups in total. The molecule has 126 valence electrons. The lowest BCUT2D eigenvalue weighted by atomic mass is 9.81. The van der Waals surface area contributed by atoms with E-state index in [1.54, 1.807) is 0 Å². The Morgan fingerprint density at radius 2 is 2.08 bits per heavy atom. The summed E-state index contributed by atoms with van der Waals surface area (Å²) in [5, 5.41) is 13.6. The first kappa shape index (κ1) is 15.4. The second-order valence-corrected chi connectivity index (χ2v) is 7.55. The van der Waals surface area contributed by atoms with Crippen molar-refractivity contribution in [2.75, 3.05) is 0 Å². The Labute approximate surface area is 143 Å². The predicted octanol–water partition coefficient (Wildman–Crippen LogP) is 4.64. The minimum Gasteiger partial charge on any atom is -0.278 e. The van der Waals surface area contributed by atoms with Gasteiger partial charge in [-0.25, -0.2) is 0 Å². The zero-order chi connectivity index (χ0) is 16.7. The number of H-pyrrole nitrogens is 1. The Morgan fingerprint density at radius 3 is 2.92 bits per heavy atom. The van der Waals surface area contributed by atoms with Gasteiger partial charge >= 0.3 is 0 Å². The molecule has 0 fully saturated rings. The van der Waals surface area contributed by atoms with E-state index in [1.807, 2.05) is 0 Å². The standard InChI is InChI=1S/C20H26N4/c1-13(2)24-19-11-15(8-9-16(19)12-21-24)10-14(3)20-17-6-4-5-7-18(17)22-23-20/h4-7,12-15H,8-11H2,1-3H3,(H,22,23). The molecule has 1 aliphatic carbocycles. The molecule has 2 aromatic heterocycles. The number of hydrogen-bond acceptors (Lipinski definition) is 2. The summed E-state index contributed by atoms with van der Waals surface area (Å²) in [5.74, 6) is 1.19. The number of benzene rings is 1. The number of fused-ring (bicyclic) bond motifs is 2. The van der Waals surface area contributed by atoms with E-state index in [4.69, 9.17) is 0 Å². The van der Waals surface area contributed by atoms with Crippen LogP contribution in [0.15, 0.2) is 30.5 Å². The molecule has 1 aliphatic rings. The van der Waals surface area contributed by atoms with Crippen molar-refractivity contribution in [3.63, 3.8) is 0 Å². The van der Waals surface area contributed by atoms with Gasteiger partial charge in [0.15, 0.2) is 0 Å². The lowest BCUT2D eigenvalue weighted by Gasteiger charge is -2.26. The van der Waals surface area contributed by atoms with Crippen LogP contribution in [0.5, 0.6) is 0 Å². The molecule has 2 atom stereocenters. The Morgan fingerprint density at radius 1 is 1.25 bits per heavy atom. The number of rotatable bonds is 4. The molecule has 2 unspecified atom stereocenters. The maximum atomic E-state index is 4.60. The number of hydrogen-bond donors (Lipinski definition) is 1. The van der Waals surface area contributed by atoms with Gasteiger partial charge in [-0.1, -0.05) is 25.1 Å². The molecule has 0 amide bonds. The SMILES string of the molecule is CC(CC1CCc2cnn(C(C)C)c2C1)c1n[nH]c2ccccc12. The summed E-state index contributed by atoms with van der Waals surface area (Å²) in [7, 11) is 0. The number of nitrogens with one attached hydrogen (secondary N) is 1. The predicted molar refractivity (Wildman–Crippen MR) is 97.3 cm³/mol. The van der Waals surface area contributed by atoms with Gasteiger partial charge in [-0.2, -0.15) is 10.2 Å². The molecule has 0 radical (unpaired) electrons. The van der Waals surface area contributed by atoms with Crippen LogP contribution in [0.3, 0.4) is 0 Å². The minimum absolute atomic E-state index is 0.445. The van der Waals surface area contributed by atoms with Crippen LogP contribution in [0, 0.1) is 5.92 Å². The zero-order valence-corrected chi connectivity index (χ0v) is 14.8. The quantitative estimate of drug-likeness (QED) is 0.760. The van der Waals surface area contributed by atoms with Crippen LogP contribution >= 0.6 is 0 Å². The van der Waals surface area contributed by atoms with Gasteiger partial charge in [-0.05, 0) is 57.1 Å². The van der Waals surface area contributed by atoms with E-state index in [2.05, 4.69) is 71.2 Å². The number of aromatic amines is 1. The van der Waals surface area contributed by atoms with Crippen LogP contribution in [0.1, 0.15) is 62.5 Å². The molecule has 0 saturated carbocycles. The number of aromatic nitrogens is 4. The molecule has 0 aliphatic heterocycles. The lowest BCUT2D eigenvalue weighted by Crippen LogP contribution is -2.19. The molecule has 1 aromatic carbocycles. The molecule has 2 heterocycles. The van der Waals surface area contributed by atoms with E-state index in [1.165, 1.54) is 41.6 Å². The summed E-state index contributed by atoms with van der Waals surface area (Å²) in [5.41, 5.74) is 5.27. The highest BCUT2D eigenvalue weighted by atomic mass is 15.3. The third kappa shape index (κ3) is 2.64. The van der Waals surface area contributed by atoms with E-state index in [-0.39, 0.29) is 0 Å². The van der Waals surface area contributed by atoms with Gasteiger partial charge in [0.1, 0.15) is 0 Å². The third-order valence-electron chi connectivity index (χ3n) is 5.43.